The van der Waals surface area contributed by atoms with Crippen LogP contribution in [-0.2, 0) is 13.1 Å². The Morgan fingerprint density at radius 1 is 1.03 bits per heavy atom. The highest BCUT2D eigenvalue weighted by molar-refractivity contribution is 5.92. The van der Waals surface area contributed by atoms with E-state index in [1.165, 1.54) is 23.4 Å². The van der Waals surface area contributed by atoms with Crippen molar-refractivity contribution in [1.29, 1.82) is 0 Å². The van der Waals surface area contributed by atoms with Crippen LogP contribution in [0.25, 0.3) is 11.0 Å². The summed E-state index contributed by atoms with van der Waals surface area (Å²) in [6.07, 6.45) is 1.83. The van der Waals surface area contributed by atoms with Crippen molar-refractivity contribution in [2.24, 2.45) is 0 Å². The number of ether oxygens (including phenoxy) is 1. The second-order valence-electron chi connectivity index (χ2n) is 7.18. The van der Waals surface area contributed by atoms with Crippen LogP contribution in [0.15, 0.2) is 60.8 Å². The fourth-order valence-electron chi connectivity index (χ4n) is 3.64. The van der Waals surface area contributed by atoms with Crippen LogP contribution >= 0.6 is 12.4 Å². The lowest BCUT2D eigenvalue weighted by Gasteiger charge is -2.14. The second kappa shape index (κ2) is 9.18. The summed E-state index contributed by atoms with van der Waals surface area (Å²) < 4.78 is 20.8. The Bertz CT molecular complexity index is 1160. The molecule has 0 saturated heterocycles. The fourth-order valence-corrected chi connectivity index (χ4v) is 3.64. The van der Waals surface area contributed by atoms with Gasteiger partial charge in [0.25, 0.3) is 0 Å². The molecule has 6 heteroatoms. The van der Waals surface area contributed by atoms with E-state index in [9.17, 15) is 4.39 Å². The first-order chi connectivity index (χ1) is 14.1. The van der Waals surface area contributed by atoms with E-state index in [0.29, 0.717) is 6.54 Å². The minimum absolute atomic E-state index is 0. The summed E-state index contributed by atoms with van der Waals surface area (Å²) in [7, 11) is 1.68. The SMILES string of the molecule is COc1cccc(Cn2c(C)c(C)c3nccc(NCc4ccc(F)cc4)c32)c1.Cl. The molecule has 2 aromatic heterocycles. The van der Waals surface area contributed by atoms with Crippen molar-refractivity contribution in [3.8, 4) is 5.75 Å². The van der Waals surface area contributed by atoms with Gasteiger partial charge in [-0.05, 0) is 60.9 Å². The molecule has 156 valence electrons. The second-order valence-corrected chi connectivity index (χ2v) is 7.18. The van der Waals surface area contributed by atoms with Crippen LogP contribution in [0, 0.1) is 19.7 Å². The molecule has 30 heavy (non-hydrogen) atoms. The maximum atomic E-state index is 13.2. The summed E-state index contributed by atoms with van der Waals surface area (Å²) in [5.41, 5.74) is 7.63. The number of aryl methyl sites for hydroxylation is 1. The zero-order chi connectivity index (χ0) is 20.4. The van der Waals surface area contributed by atoms with Gasteiger partial charge in [-0.2, -0.15) is 0 Å². The lowest BCUT2D eigenvalue weighted by Crippen LogP contribution is -2.06. The number of aromatic nitrogens is 2. The fraction of sp³-hybridized carbons (Fsp3) is 0.208. The summed E-state index contributed by atoms with van der Waals surface area (Å²) in [5.74, 6) is 0.625. The Morgan fingerprint density at radius 2 is 1.80 bits per heavy atom. The molecule has 0 amide bonds. The molecular formula is C24H25ClFN3O. The number of fused-ring (bicyclic) bond motifs is 1. The first kappa shape index (κ1) is 21.7. The van der Waals surface area contributed by atoms with Gasteiger partial charge in [0.05, 0.1) is 23.8 Å². The van der Waals surface area contributed by atoms with E-state index in [2.05, 4.69) is 40.8 Å². The maximum Gasteiger partial charge on any atom is 0.123 e. The Hall–Kier alpha value is -3.05. The van der Waals surface area contributed by atoms with E-state index in [4.69, 9.17) is 4.74 Å². The monoisotopic (exact) mass is 425 g/mol. The molecule has 0 aliphatic heterocycles. The quantitative estimate of drug-likeness (QED) is 0.419. The number of nitrogens with one attached hydrogen (secondary N) is 1. The molecule has 2 aromatic carbocycles. The third-order valence-electron chi connectivity index (χ3n) is 5.37. The largest absolute Gasteiger partial charge is 0.497 e. The third-order valence-corrected chi connectivity index (χ3v) is 5.37. The highest BCUT2D eigenvalue weighted by atomic mass is 35.5. The molecule has 0 unspecified atom stereocenters. The molecule has 0 radical (unpaired) electrons. The van der Waals surface area contributed by atoms with Crippen LogP contribution in [0.4, 0.5) is 10.1 Å². The number of methoxy groups -OCH3 is 1. The van der Waals surface area contributed by atoms with Gasteiger partial charge >= 0.3 is 0 Å². The average molecular weight is 426 g/mol. The van der Waals surface area contributed by atoms with Crippen LogP contribution in [0.3, 0.4) is 0 Å². The van der Waals surface area contributed by atoms with Gasteiger partial charge in [0.15, 0.2) is 0 Å². The molecule has 4 nitrogen and oxygen atoms in total. The summed E-state index contributed by atoms with van der Waals surface area (Å²) in [4.78, 5) is 4.63. The lowest BCUT2D eigenvalue weighted by atomic mass is 10.2. The van der Waals surface area contributed by atoms with Gasteiger partial charge in [-0.3, -0.25) is 4.98 Å². The predicted octanol–water partition coefficient (Wildman–Crippen LogP) is 5.88. The zero-order valence-corrected chi connectivity index (χ0v) is 18.1. The van der Waals surface area contributed by atoms with Gasteiger partial charge in [-0.1, -0.05) is 24.3 Å². The van der Waals surface area contributed by atoms with Crippen molar-refractivity contribution in [2.75, 3.05) is 12.4 Å². The van der Waals surface area contributed by atoms with Crippen LogP contribution in [-0.4, -0.2) is 16.7 Å². The molecule has 0 fully saturated rings. The van der Waals surface area contributed by atoms with E-state index in [-0.39, 0.29) is 18.2 Å². The van der Waals surface area contributed by atoms with Crippen LogP contribution < -0.4 is 10.1 Å². The molecule has 2 heterocycles. The van der Waals surface area contributed by atoms with Gasteiger partial charge in [0, 0.05) is 25.0 Å². The Balaban J connectivity index is 0.00000256. The summed E-state index contributed by atoms with van der Waals surface area (Å²) in [5, 5.41) is 3.50. The molecule has 4 aromatic rings. The molecule has 0 bridgehead atoms. The zero-order valence-electron chi connectivity index (χ0n) is 17.3. The molecule has 4 rings (SSSR count). The van der Waals surface area contributed by atoms with E-state index in [0.717, 1.165) is 40.1 Å². The number of benzene rings is 2. The molecule has 0 atom stereocenters. The molecule has 0 spiro atoms. The average Bonchev–Trinajstić information content (AvgIpc) is 2.99. The van der Waals surface area contributed by atoms with Crippen molar-refractivity contribution < 1.29 is 9.13 Å². The summed E-state index contributed by atoms with van der Waals surface area (Å²) >= 11 is 0. The number of hydrogen-bond donors (Lipinski definition) is 1. The van der Waals surface area contributed by atoms with E-state index in [1.54, 1.807) is 19.2 Å². The molecule has 0 saturated carbocycles. The van der Waals surface area contributed by atoms with Gasteiger partial charge in [0.2, 0.25) is 0 Å². The number of halogens is 2. The minimum Gasteiger partial charge on any atom is -0.497 e. The number of pyridine rings is 1. The van der Waals surface area contributed by atoms with E-state index >= 15 is 0 Å². The number of nitrogens with zero attached hydrogens (tertiary/aromatic N) is 2. The van der Waals surface area contributed by atoms with Gasteiger partial charge in [-0.25, -0.2) is 4.39 Å². The summed E-state index contributed by atoms with van der Waals surface area (Å²) in [6, 6.07) is 16.7. The maximum absolute atomic E-state index is 13.2. The molecule has 1 N–H and O–H groups in total. The first-order valence-electron chi connectivity index (χ1n) is 9.62. The Morgan fingerprint density at radius 3 is 2.53 bits per heavy atom. The van der Waals surface area contributed by atoms with Crippen LogP contribution in [0.1, 0.15) is 22.4 Å². The third kappa shape index (κ3) is 4.26. The molecule has 0 aliphatic rings. The van der Waals surface area contributed by atoms with Crippen molar-refractivity contribution in [1.82, 2.24) is 9.55 Å². The van der Waals surface area contributed by atoms with Crippen molar-refractivity contribution in [3.05, 3.63) is 89.0 Å². The number of rotatable bonds is 6. The number of hydrogen-bond acceptors (Lipinski definition) is 3. The normalized spacial score (nSPS) is 10.7. The van der Waals surface area contributed by atoms with Crippen LogP contribution in [0.5, 0.6) is 5.75 Å². The van der Waals surface area contributed by atoms with Crippen molar-refractivity contribution in [3.63, 3.8) is 0 Å². The van der Waals surface area contributed by atoms with E-state index < -0.39 is 0 Å². The van der Waals surface area contributed by atoms with E-state index in [1.807, 2.05) is 24.4 Å². The van der Waals surface area contributed by atoms with Gasteiger partial charge in [-0.15, -0.1) is 12.4 Å². The van der Waals surface area contributed by atoms with Crippen molar-refractivity contribution >= 4 is 29.1 Å². The first-order valence-corrected chi connectivity index (χ1v) is 9.62. The lowest BCUT2D eigenvalue weighted by molar-refractivity contribution is 0.414. The number of anilines is 1. The Labute approximate surface area is 182 Å². The summed E-state index contributed by atoms with van der Waals surface area (Å²) in [6.45, 7) is 5.57. The van der Waals surface area contributed by atoms with Crippen LogP contribution in [0.2, 0.25) is 0 Å². The topological polar surface area (TPSA) is 39.1 Å². The van der Waals surface area contributed by atoms with Crippen molar-refractivity contribution in [2.45, 2.75) is 26.9 Å². The van der Waals surface area contributed by atoms with Gasteiger partial charge < -0.3 is 14.6 Å². The van der Waals surface area contributed by atoms with Gasteiger partial charge in [0.1, 0.15) is 11.6 Å². The molecular weight excluding hydrogens is 401 g/mol. The standard InChI is InChI=1S/C24H24FN3O.ClH/c1-16-17(2)28(15-19-5-4-6-21(13-19)29-3)24-22(11-12-26-23(16)24)27-14-18-7-9-20(25)10-8-18;/h4-13H,14-15H2,1-3H3,(H,26,27);1H. The molecule has 0 aliphatic carbocycles. The smallest absolute Gasteiger partial charge is 0.123 e. The minimum atomic E-state index is -0.224. The highest BCUT2D eigenvalue weighted by Gasteiger charge is 2.16. The predicted molar refractivity (Wildman–Crippen MR) is 122 cm³/mol. The highest BCUT2D eigenvalue weighted by Crippen LogP contribution is 2.30. The Kier molecular flexibility index (Phi) is 6.63.